The van der Waals surface area contributed by atoms with Gasteiger partial charge in [-0.2, -0.15) is 13.2 Å². The topological polar surface area (TPSA) is 62.9 Å². The van der Waals surface area contributed by atoms with Gasteiger partial charge in [0.15, 0.2) is 11.7 Å². The van der Waals surface area contributed by atoms with Crippen molar-refractivity contribution in [1.82, 2.24) is 15.4 Å². The van der Waals surface area contributed by atoms with Crippen LogP contribution < -0.4 is 5.32 Å². The third-order valence-corrected chi connectivity index (χ3v) is 4.26. The summed E-state index contributed by atoms with van der Waals surface area (Å²) in [7, 11) is 1.66. The number of alkyl halides is 3. The number of nitrogens with zero attached hydrogens (tertiary/aromatic N) is 3. The fourth-order valence-corrected chi connectivity index (χ4v) is 2.96. The average Bonchev–Trinajstić information content (AvgIpc) is 3.07. The molecule has 0 radical (unpaired) electrons. The van der Waals surface area contributed by atoms with Crippen molar-refractivity contribution in [2.24, 2.45) is 4.99 Å². The lowest BCUT2D eigenvalue weighted by Crippen LogP contribution is -2.47. The van der Waals surface area contributed by atoms with Gasteiger partial charge < -0.3 is 19.5 Å². The van der Waals surface area contributed by atoms with Gasteiger partial charge in [-0.1, -0.05) is 17.3 Å². The maximum absolute atomic E-state index is 13.0. The molecule has 1 fully saturated rings. The molecule has 0 amide bonds. The molecule has 6 nitrogen and oxygen atoms in total. The number of halogens is 3. The Kier molecular flexibility index (Phi) is 5.69. The van der Waals surface area contributed by atoms with Gasteiger partial charge in [-0.15, -0.1) is 0 Å². The van der Waals surface area contributed by atoms with E-state index in [-0.39, 0.29) is 0 Å². The molecule has 2 aromatic rings. The van der Waals surface area contributed by atoms with Crippen molar-refractivity contribution in [2.45, 2.75) is 25.7 Å². The summed E-state index contributed by atoms with van der Waals surface area (Å²) >= 11 is 0. The molecule has 0 bridgehead atoms. The van der Waals surface area contributed by atoms with Crippen LogP contribution in [-0.4, -0.2) is 42.8 Å². The Morgan fingerprint density at radius 3 is 2.85 bits per heavy atom. The number of nitrogens with one attached hydrogen (secondary N) is 1. The summed E-state index contributed by atoms with van der Waals surface area (Å²) in [5.74, 6) is 1.31. The van der Waals surface area contributed by atoms with Gasteiger partial charge in [0.1, 0.15) is 6.10 Å². The number of ether oxygens (including phenoxy) is 1. The molecule has 1 unspecified atom stereocenters. The number of aromatic nitrogens is 1. The second-order valence-electron chi connectivity index (χ2n) is 6.26. The van der Waals surface area contributed by atoms with Crippen LogP contribution in [0, 0.1) is 6.92 Å². The SMILES string of the molecule is CN=C(NCc1cc(C)no1)N1CCOC(c2cccc(C(F)(F)F)c2)C1. The molecule has 1 aliphatic heterocycles. The number of aliphatic imine (C=N–C) groups is 1. The van der Waals surface area contributed by atoms with E-state index < -0.39 is 17.8 Å². The molecule has 1 N–H and O–H groups in total. The minimum absolute atomic E-state index is 0.392. The van der Waals surface area contributed by atoms with Crippen LogP contribution in [0.2, 0.25) is 0 Å². The fraction of sp³-hybridized carbons (Fsp3) is 0.444. The third-order valence-electron chi connectivity index (χ3n) is 4.26. The van der Waals surface area contributed by atoms with Gasteiger partial charge in [0.25, 0.3) is 0 Å². The van der Waals surface area contributed by atoms with Gasteiger partial charge in [0.2, 0.25) is 0 Å². The first-order valence-corrected chi connectivity index (χ1v) is 8.53. The number of hydrogen-bond donors (Lipinski definition) is 1. The Balaban J connectivity index is 1.67. The van der Waals surface area contributed by atoms with Crippen LogP contribution in [0.4, 0.5) is 13.2 Å². The zero-order chi connectivity index (χ0) is 19.4. The summed E-state index contributed by atoms with van der Waals surface area (Å²) < 4.78 is 49.8. The quantitative estimate of drug-likeness (QED) is 0.653. The van der Waals surface area contributed by atoms with Crippen LogP contribution in [0.15, 0.2) is 39.8 Å². The Labute approximate surface area is 155 Å². The first-order valence-electron chi connectivity index (χ1n) is 8.53. The molecule has 27 heavy (non-hydrogen) atoms. The summed E-state index contributed by atoms with van der Waals surface area (Å²) in [6, 6.07) is 7.08. The second kappa shape index (κ2) is 7.99. The molecule has 0 saturated carbocycles. The van der Waals surface area contributed by atoms with Crippen molar-refractivity contribution in [3.05, 3.63) is 52.9 Å². The lowest BCUT2D eigenvalue weighted by Gasteiger charge is -2.35. The van der Waals surface area contributed by atoms with Crippen molar-refractivity contribution in [3.8, 4) is 0 Å². The molecule has 9 heteroatoms. The molecular weight excluding hydrogens is 361 g/mol. The van der Waals surface area contributed by atoms with Crippen molar-refractivity contribution in [1.29, 1.82) is 0 Å². The Hall–Kier alpha value is -2.55. The highest BCUT2D eigenvalue weighted by Crippen LogP contribution is 2.32. The van der Waals surface area contributed by atoms with Gasteiger partial charge in [0, 0.05) is 19.7 Å². The van der Waals surface area contributed by atoms with Crippen molar-refractivity contribution in [2.75, 3.05) is 26.7 Å². The number of hydrogen-bond acceptors (Lipinski definition) is 4. The van der Waals surface area contributed by atoms with Crippen molar-refractivity contribution in [3.63, 3.8) is 0 Å². The minimum Gasteiger partial charge on any atom is -0.370 e. The van der Waals surface area contributed by atoms with E-state index in [4.69, 9.17) is 9.26 Å². The Bertz CT molecular complexity index is 804. The van der Waals surface area contributed by atoms with Crippen LogP contribution in [0.5, 0.6) is 0 Å². The largest absolute Gasteiger partial charge is 0.416 e. The first-order chi connectivity index (χ1) is 12.9. The number of guanidine groups is 1. The average molecular weight is 382 g/mol. The molecule has 1 aliphatic rings. The van der Waals surface area contributed by atoms with Crippen LogP contribution in [0.25, 0.3) is 0 Å². The molecule has 0 aliphatic carbocycles. The zero-order valence-corrected chi connectivity index (χ0v) is 15.1. The van der Waals surface area contributed by atoms with Gasteiger partial charge in [0.05, 0.1) is 31.0 Å². The smallest absolute Gasteiger partial charge is 0.370 e. The molecule has 1 atom stereocenters. The number of morpholine rings is 1. The number of aryl methyl sites for hydroxylation is 1. The van der Waals surface area contributed by atoms with Crippen molar-refractivity contribution >= 4 is 5.96 Å². The second-order valence-corrected chi connectivity index (χ2v) is 6.26. The van der Waals surface area contributed by atoms with Gasteiger partial charge >= 0.3 is 6.18 Å². The van der Waals surface area contributed by atoms with Crippen LogP contribution >= 0.6 is 0 Å². The molecule has 3 rings (SSSR count). The first kappa shape index (κ1) is 19.2. The Morgan fingerprint density at radius 2 is 2.19 bits per heavy atom. The predicted octanol–water partition coefficient (Wildman–Crippen LogP) is 3.15. The van der Waals surface area contributed by atoms with Gasteiger partial charge in [-0.05, 0) is 24.6 Å². The summed E-state index contributed by atoms with van der Waals surface area (Å²) in [5.41, 5.74) is 0.609. The summed E-state index contributed by atoms with van der Waals surface area (Å²) in [6.07, 6.45) is -4.84. The zero-order valence-electron chi connectivity index (χ0n) is 15.1. The summed E-state index contributed by atoms with van der Waals surface area (Å²) in [6.45, 7) is 3.63. The third kappa shape index (κ3) is 4.79. The minimum atomic E-state index is -4.38. The van der Waals surface area contributed by atoms with Gasteiger partial charge in [-0.3, -0.25) is 4.99 Å². The standard InChI is InChI=1S/C18H21F3N4O2/c1-12-8-15(27-24-12)10-23-17(22-2)25-6-7-26-16(11-25)13-4-3-5-14(9-13)18(19,20)21/h3-5,8-9,16H,6-7,10-11H2,1-2H3,(H,22,23). The van der Waals surface area contributed by atoms with Gasteiger partial charge in [-0.25, -0.2) is 0 Å². The molecule has 146 valence electrons. The predicted molar refractivity (Wildman–Crippen MR) is 93.1 cm³/mol. The molecule has 1 aromatic heterocycles. The normalized spacial score (nSPS) is 18.6. The van der Waals surface area contributed by atoms with E-state index in [9.17, 15) is 13.2 Å². The van der Waals surface area contributed by atoms with Crippen LogP contribution in [-0.2, 0) is 17.5 Å². The molecular formula is C18H21F3N4O2. The van der Waals surface area contributed by atoms with Crippen LogP contribution in [0.3, 0.4) is 0 Å². The fourth-order valence-electron chi connectivity index (χ4n) is 2.96. The maximum atomic E-state index is 13.0. The highest BCUT2D eigenvalue weighted by Gasteiger charge is 2.32. The Morgan fingerprint density at radius 1 is 1.37 bits per heavy atom. The maximum Gasteiger partial charge on any atom is 0.416 e. The number of benzene rings is 1. The number of rotatable bonds is 3. The highest BCUT2D eigenvalue weighted by molar-refractivity contribution is 5.80. The highest BCUT2D eigenvalue weighted by atomic mass is 19.4. The van der Waals surface area contributed by atoms with E-state index in [1.54, 1.807) is 13.1 Å². The molecule has 2 heterocycles. The van der Waals surface area contributed by atoms with E-state index in [1.807, 2.05) is 17.9 Å². The monoisotopic (exact) mass is 382 g/mol. The lowest BCUT2D eigenvalue weighted by molar-refractivity contribution is -0.137. The van der Waals surface area contributed by atoms with Crippen molar-refractivity contribution < 1.29 is 22.4 Å². The molecule has 1 saturated heterocycles. The molecule has 0 spiro atoms. The van der Waals surface area contributed by atoms with E-state index >= 15 is 0 Å². The van der Waals surface area contributed by atoms with E-state index in [1.165, 1.54) is 6.07 Å². The summed E-state index contributed by atoms with van der Waals surface area (Å²) in [4.78, 5) is 6.21. The summed E-state index contributed by atoms with van der Waals surface area (Å²) in [5, 5.41) is 7.02. The van der Waals surface area contributed by atoms with E-state index in [2.05, 4.69) is 15.5 Å². The molecule has 1 aromatic carbocycles. The van der Waals surface area contributed by atoms with E-state index in [0.29, 0.717) is 43.5 Å². The van der Waals surface area contributed by atoms with E-state index in [0.717, 1.165) is 17.8 Å². The van der Waals surface area contributed by atoms with Crippen LogP contribution in [0.1, 0.15) is 28.7 Å². The lowest BCUT2D eigenvalue weighted by atomic mass is 10.0.